The fourth-order valence-electron chi connectivity index (χ4n) is 3.02. The molecule has 0 bridgehead atoms. The van der Waals surface area contributed by atoms with E-state index in [9.17, 15) is 13.2 Å². The molecular formula is C19H20N4O3S3. The zero-order valence-electron chi connectivity index (χ0n) is 15.9. The quantitative estimate of drug-likeness (QED) is 0.604. The number of nitrogens with one attached hydrogen (secondary N) is 2. The van der Waals surface area contributed by atoms with Crippen molar-refractivity contribution in [2.75, 3.05) is 25.4 Å². The molecule has 1 unspecified atom stereocenters. The number of hydrogen-bond acceptors (Lipinski definition) is 6. The highest BCUT2D eigenvalue weighted by molar-refractivity contribution is 8.15. The number of thioether (sulfide) groups is 1. The van der Waals surface area contributed by atoms with Gasteiger partial charge in [-0.3, -0.25) is 14.5 Å². The van der Waals surface area contributed by atoms with Gasteiger partial charge < -0.3 is 9.88 Å². The molecule has 7 nitrogen and oxygen atoms in total. The van der Waals surface area contributed by atoms with Crippen LogP contribution in [0.4, 0.5) is 5.69 Å². The molecule has 152 valence electrons. The van der Waals surface area contributed by atoms with E-state index in [2.05, 4.69) is 14.7 Å². The normalized spacial score (nSPS) is 16.8. The van der Waals surface area contributed by atoms with Gasteiger partial charge in [0.2, 0.25) is 5.91 Å². The SMILES string of the molecule is CN(C)C(=O)CC1CN=C(c2cc3cccc(NS(=O)(=O)c4cccs4)c3[nH]2)S1. The third kappa shape index (κ3) is 4.19. The Morgan fingerprint density at radius 3 is 2.86 bits per heavy atom. The summed E-state index contributed by atoms with van der Waals surface area (Å²) < 4.78 is 28.1. The predicted octanol–water partition coefficient (Wildman–Crippen LogP) is 3.37. The summed E-state index contributed by atoms with van der Waals surface area (Å²) in [5.41, 5.74) is 2.02. The Bertz CT molecular complexity index is 1180. The first kappa shape index (κ1) is 20.0. The minimum Gasteiger partial charge on any atom is -0.351 e. The number of amides is 1. The van der Waals surface area contributed by atoms with Crippen LogP contribution >= 0.6 is 23.1 Å². The highest BCUT2D eigenvalue weighted by atomic mass is 32.2. The lowest BCUT2D eigenvalue weighted by Gasteiger charge is -2.13. The zero-order chi connectivity index (χ0) is 20.6. The Labute approximate surface area is 177 Å². The summed E-state index contributed by atoms with van der Waals surface area (Å²) in [6, 6.07) is 10.7. The molecular weight excluding hydrogens is 428 g/mol. The van der Waals surface area contributed by atoms with Gasteiger partial charge >= 0.3 is 0 Å². The lowest BCUT2D eigenvalue weighted by atomic mass is 10.2. The molecule has 1 aliphatic rings. The molecule has 0 aliphatic carbocycles. The average molecular weight is 449 g/mol. The van der Waals surface area contributed by atoms with Crippen molar-refractivity contribution in [3.05, 3.63) is 47.5 Å². The summed E-state index contributed by atoms with van der Waals surface area (Å²) in [6.07, 6.45) is 0.441. The van der Waals surface area contributed by atoms with Crippen LogP contribution in [0.1, 0.15) is 12.1 Å². The van der Waals surface area contributed by atoms with Crippen molar-refractivity contribution in [1.29, 1.82) is 0 Å². The monoisotopic (exact) mass is 448 g/mol. The van der Waals surface area contributed by atoms with Crippen LogP contribution in [0.15, 0.2) is 51.0 Å². The molecule has 1 amide bonds. The van der Waals surface area contributed by atoms with Crippen molar-refractivity contribution in [3.8, 4) is 0 Å². The van der Waals surface area contributed by atoms with E-state index in [1.807, 2.05) is 18.2 Å². The molecule has 1 aromatic carbocycles. The number of H-pyrrole nitrogens is 1. The largest absolute Gasteiger partial charge is 0.351 e. The van der Waals surface area contributed by atoms with Crippen molar-refractivity contribution < 1.29 is 13.2 Å². The molecule has 4 rings (SSSR count). The van der Waals surface area contributed by atoms with Gasteiger partial charge in [0.15, 0.2) is 0 Å². The van der Waals surface area contributed by atoms with Gasteiger partial charge in [-0.15, -0.1) is 11.3 Å². The van der Waals surface area contributed by atoms with E-state index < -0.39 is 10.0 Å². The van der Waals surface area contributed by atoms with Gasteiger partial charge in [-0.25, -0.2) is 8.42 Å². The van der Waals surface area contributed by atoms with E-state index >= 15 is 0 Å². The Morgan fingerprint density at radius 1 is 1.31 bits per heavy atom. The first-order valence-electron chi connectivity index (χ1n) is 8.93. The average Bonchev–Trinajstić information content (AvgIpc) is 3.41. The molecule has 0 spiro atoms. The zero-order valence-corrected chi connectivity index (χ0v) is 18.3. The Balaban J connectivity index is 1.57. The number of aromatic nitrogens is 1. The minimum absolute atomic E-state index is 0.0841. The first-order valence-corrected chi connectivity index (χ1v) is 12.2. The molecule has 0 saturated heterocycles. The number of anilines is 1. The molecule has 1 atom stereocenters. The molecule has 2 N–H and O–H groups in total. The summed E-state index contributed by atoms with van der Waals surface area (Å²) in [4.78, 5) is 21.4. The van der Waals surface area contributed by atoms with Crippen LogP contribution in [0.5, 0.6) is 0 Å². The second kappa shape index (κ2) is 7.85. The van der Waals surface area contributed by atoms with Crippen molar-refractivity contribution in [2.45, 2.75) is 15.9 Å². The van der Waals surface area contributed by atoms with Gasteiger partial charge in [0.05, 0.1) is 23.4 Å². The Hall–Kier alpha value is -2.30. The number of aliphatic imine (C=N–C) groups is 1. The molecule has 0 radical (unpaired) electrons. The number of fused-ring (bicyclic) bond motifs is 1. The standard InChI is InChI=1S/C19H20N4O3S3/c1-23(2)16(24)10-13-11-20-19(28-13)15-9-12-5-3-6-14(18(12)21-15)22-29(25,26)17-7-4-8-27-17/h3-9,13,21-22H,10-11H2,1-2H3. The van der Waals surface area contributed by atoms with Crippen LogP contribution in [0, 0.1) is 0 Å². The molecule has 1 aliphatic heterocycles. The van der Waals surface area contributed by atoms with E-state index in [0.29, 0.717) is 24.2 Å². The lowest BCUT2D eigenvalue weighted by molar-refractivity contribution is -0.128. The van der Waals surface area contributed by atoms with Crippen molar-refractivity contribution in [1.82, 2.24) is 9.88 Å². The summed E-state index contributed by atoms with van der Waals surface area (Å²) in [6.45, 7) is 0.590. The maximum atomic E-state index is 12.6. The minimum atomic E-state index is -3.63. The van der Waals surface area contributed by atoms with E-state index in [4.69, 9.17) is 0 Å². The smallest absolute Gasteiger partial charge is 0.271 e. The number of aromatic amines is 1. The van der Waals surface area contributed by atoms with E-state index in [-0.39, 0.29) is 15.4 Å². The van der Waals surface area contributed by atoms with Crippen LogP contribution in [0.2, 0.25) is 0 Å². The fourth-order valence-corrected chi connectivity index (χ4v) is 6.16. The predicted molar refractivity (Wildman–Crippen MR) is 120 cm³/mol. The van der Waals surface area contributed by atoms with Gasteiger partial charge in [-0.2, -0.15) is 0 Å². The second-order valence-electron chi connectivity index (χ2n) is 6.87. The number of thiophene rings is 1. The molecule has 0 saturated carbocycles. The van der Waals surface area contributed by atoms with Crippen molar-refractivity contribution in [2.24, 2.45) is 4.99 Å². The Morgan fingerprint density at radius 2 is 2.14 bits per heavy atom. The number of nitrogens with zero attached hydrogens (tertiary/aromatic N) is 2. The number of rotatable bonds is 6. The van der Waals surface area contributed by atoms with Gasteiger partial charge in [0.1, 0.15) is 9.25 Å². The van der Waals surface area contributed by atoms with E-state index in [1.54, 1.807) is 54.3 Å². The van der Waals surface area contributed by atoms with E-state index in [1.165, 1.54) is 11.3 Å². The first-order chi connectivity index (χ1) is 13.8. The van der Waals surface area contributed by atoms with Crippen LogP contribution in [-0.2, 0) is 14.8 Å². The number of carbonyl (C=O) groups excluding carboxylic acids is 1. The number of para-hydroxylation sites is 1. The highest BCUT2D eigenvalue weighted by Crippen LogP contribution is 2.32. The molecule has 29 heavy (non-hydrogen) atoms. The third-order valence-electron chi connectivity index (χ3n) is 4.51. The van der Waals surface area contributed by atoms with Crippen LogP contribution < -0.4 is 4.72 Å². The second-order valence-corrected chi connectivity index (χ2v) is 11.0. The molecule has 0 fully saturated rings. The van der Waals surface area contributed by atoms with Gasteiger partial charge in [0.25, 0.3) is 10.0 Å². The molecule has 3 heterocycles. The van der Waals surface area contributed by atoms with Crippen molar-refractivity contribution >= 4 is 60.7 Å². The lowest BCUT2D eigenvalue weighted by Crippen LogP contribution is -2.25. The molecule has 2 aromatic heterocycles. The summed E-state index contributed by atoms with van der Waals surface area (Å²) in [7, 11) is -0.130. The number of carbonyl (C=O) groups is 1. The highest BCUT2D eigenvalue weighted by Gasteiger charge is 2.25. The summed E-state index contributed by atoms with van der Waals surface area (Å²) in [5.74, 6) is 0.0841. The van der Waals surface area contributed by atoms with Crippen LogP contribution in [0.3, 0.4) is 0 Å². The fraction of sp³-hybridized carbons (Fsp3) is 0.263. The number of sulfonamides is 1. The van der Waals surface area contributed by atoms with Crippen LogP contribution in [0.25, 0.3) is 10.9 Å². The Kier molecular flexibility index (Phi) is 5.41. The number of benzene rings is 1. The molecule has 3 aromatic rings. The maximum Gasteiger partial charge on any atom is 0.271 e. The number of hydrogen-bond donors (Lipinski definition) is 2. The van der Waals surface area contributed by atoms with Gasteiger partial charge in [-0.1, -0.05) is 30.0 Å². The third-order valence-corrected chi connectivity index (χ3v) is 8.49. The van der Waals surface area contributed by atoms with E-state index in [0.717, 1.165) is 16.1 Å². The summed E-state index contributed by atoms with van der Waals surface area (Å²) >= 11 is 2.75. The molecule has 10 heteroatoms. The van der Waals surface area contributed by atoms with Gasteiger partial charge in [-0.05, 0) is 23.6 Å². The summed E-state index contributed by atoms with van der Waals surface area (Å²) in [5, 5.41) is 3.57. The van der Waals surface area contributed by atoms with Gasteiger partial charge in [0, 0.05) is 31.2 Å². The van der Waals surface area contributed by atoms with Crippen molar-refractivity contribution in [3.63, 3.8) is 0 Å². The van der Waals surface area contributed by atoms with Crippen LogP contribution in [-0.4, -0.2) is 55.1 Å². The topological polar surface area (TPSA) is 94.6 Å². The maximum absolute atomic E-state index is 12.6.